The van der Waals surface area contributed by atoms with Gasteiger partial charge >= 0.3 is 0 Å². The highest BCUT2D eigenvalue weighted by atomic mass is 35.5. The summed E-state index contributed by atoms with van der Waals surface area (Å²) in [6, 6.07) is 8.01. The van der Waals surface area contributed by atoms with Gasteiger partial charge in [0.1, 0.15) is 0 Å². The van der Waals surface area contributed by atoms with Crippen LogP contribution in [0.1, 0.15) is 13.8 Å². The molecule has 0 amide bonds. The molecule has 88 valence electrons. The molecule has 1 aromatic carbocycles. The zero-order chi connectivity index (χ0) is 12.0. The van der Waals surface area contributed by atoms with Crippen LogP contribution < -0.4 is 11.3 Å². The van der Waals surface area contributed by atoms with E-state index in [0.29, 0.717) is 0 Å². The Bertz CT molecular complexity index is 362. The third-order valence-electron chi connectivity index (χ3n) is 2.00. The van der Waals surface area contributed by atoms with Crippen molar-refractivity contribution in [2.45, 2.75) is 24.8 Å². The molecule has 1 unspecified atom stereocenters. The minimum Gasteiger partial charge on any atom is -0.271 e. The number of nitrogens with two attached hydrogens (primary N) is 1. The van der Waals surface area contributed by atoms with Crippen LogP contribution in [-0.4, -0.2) is 11.8 Å². The van der Waals surface area contributed by atoms with Crippen molar-refractivity contribution in [3.8, 4) is 0 Å². The Morgan fingerprint density at radius 1 is 1.50 bits per heavy atom. The predicted octanol–water partition coefficient (Wildman–Crippen LogP) is 3.23. The number of hydrogen-bond donors (Lipinski definition) is 2. The van der Waals surface area contributed by atoms with E-state index < -0.39 is 0 Å². The summed E-state index contributed by atoms with van der Waals surface area (Å²) in [5, 5.41) is 0.792. The van der Waals surface area contributed by atoms with Crippen LogP contribution in [0.3, 0.4) is 0 Å². The van der Waals surface area contributed by atoms with E-state index in [2.05, 4.69) is 25.3 Å². The molecule has 0 heterocycles. The molecule has 16 heavy (non-hydrogen) atoms. The van der Waals surface area contributed by atoms with Gasteiger partial charge in [-0.1, -0.05) is 35.4 Å². The molecule has 0 aliphatic rings. The minimum atomic E-state index is 0.172. The van der Waals surface area contributed by atoms with Gasteiger partial charge in [0.2, 0.25) is 0 Å². The van der Waals surface area contributed by atoms with Crippen LogP contribution in [0.15, 0.2) is 40.8 Å². The lowest BCUT2D eigenvalue weighted by molar-refractivity contribution is 0.673. The molecule has 2 nitrogen and oxygen atoms in total. The first-order chi connectivity index (χ1) is 7.63. The first kappa shape index (κ1) is 13.6. The van der Waals surface area contributed by atoms with Gasteiger partial charge in [0.15, 0.2) is 0 Å². The number of hydrogen-bond acceptors (Lipinski definition) is 3. The summed E-state index contributed by atoms with van der Waals surface area (Å²) in [4.78, 5) is 1.09. The first-order valence-corrected chi connectivity index (χ1v) is 6.48. The van der Waals surface area contributed by atoms with E-state index in [0.717, 1.165) is 15.7 Å². The molecule has 0 bridgehead atoms. The summed E-state index contributed by atoms with van der Waals surface area (Å²) in [6.07, 6.45) is 2.11. The topological polar surface area (TPSA) is 38.0 Å². The van der Waals surface area contributed by atoms with Gasteiger partial charge in [-0.15, -0.1) is 11.8 Å². The van der Waals surface area contributed by atoms with Crippen LogP contribution in [0, 0.1) is 0 Å². The molecular formula is C12H17ClN2S. The zero-order valence-electron chi connectivity index (χ0n) is 9.53. The fourth-order valence-electron chi connectivity index (χ4n) is 1.29. The fourth-order valence-corrected chi connectivity index (χ4v) is 2.52. The van der Waals surface area contributed by atoms with E-state index in [1.807, 2.05) is 24.3 Å². The van der Waals surface area contributed by atoms with Crippen molar-refractivity contribution in [2.75, 3.05) is 5.75 Å². The summed E-state index contributed by atoms with van der Waals surface area (Å²) in [5.74, 6) is 6.35. The van der Waals surface area contributed by atoms with Crippen molar-refractivity contribution >= 4 is 23.4 Å². The molecule has 4 heteroatoms. The quantitative estimate of drug-likeness (QED) is 0.368. The van der Waals surface area contributed by atoms with Gasteiger partial charge in [0.25, 0.3) is 0 Å². The average molecular weight is 257 g/mol. The lowest BCUT2D eigenvalue weighted by Crippen LogP contribution is -2.35. The first-order valence-electron chi connectivity index (χ1n) is 5.12. The Labute approximate surface area is 106 Å². The summed E-state index contributed by atoms with van der Waals surface area (Å²) >= 11 is 7.77. The Hall–Kier alpha value is -0.480. The van der Waals surface area contributed by atoms with Gasteiger partial charge in [-0.05, 0) is 26.0 Å². The van der Waals surface area contributed by atoms with E-state index in [4.69, 9.17) is 17.4 Å². The van der Waals surface area contributed by atoms with E-state index >= 15 is 0 Å². The van der Waals surface area contributed by atoms with Gasteiger partial charge in [-0.3, -0.25) is 11.3 Å². The lowest BCUT2D eigenvalue weighted by Gasteiger charge is -2.12. The molecule has 0 aliphatic heterocycles. The van der Waals surface area contributed by atoms with E-state index in [9.17, 15) is 0 Å². The SMILES string of the molecule is CC(C)=CC(CSc1ccccc1Cl)NN. The number of benzene rings is 1. The second-order valence-electron chi connectivity index (χ2n) is 3.76. The van der Waals surface area contributed by atoms with Crippen molar-refractivity contribution in [2.24, 2.45) is 5.84 Å². The predicted molar refractivity (Wildman–Crippen MR) is 72.7 cm³/mol. The molecule has 0 saturated carbocycles. The summed E-state index contributed by atoms with van der Waals surface area (Å²) < 4.78 is 0. The van der Waals surface area contributed by atoms with Crippen LogP contribution in [0.4, 0.5) is 0 Å². The minimum absolute atomic E-state index is 0.172. The normalized spacial score (nSPS) is 12.2. The monoisotopic (exact) mass is 256 g/mol. The lowest BCUT2D eigenvalue weighted by atomic mass is 10.2. The molecule has 1 rings (SSSR count). The zero-order valence-corrected chi connectivity index (χ0v) is 11.1. The Morgan fingerprint density at radius 2 is 2.19 bits per heavy atom. The number of allylic oxidation sites excluding steroid dienone is 1. The standard InChI is InChI=1S/C12H17ClN2S/c1-9(2)7-10(15-14)8-16-12-6-4-3-5-11(12)13/h3-7,10,15H,8,14H2,1-2H3. The molecule has 0 aromatic heterocycles. The fraction of sp³-hybridized carbons (Fsp3) is 0.333. The van der Waals surface area contributed by atoms with Crippen molar-refractivity contribution in [1.29, 1.82) is 0 Å². The van der Waals surface area contributed by atoms with Gasteiger partial charge in [-0.2, -0.15) is 0 Å². The highest BCUT2D eigenvalue weighted by molar-refractivity contribution is 7.99. The molecule has 1 atom stereocenters. The van der Waals surface area contributed by atoms with E-state index in [1.54, 1.807) is 11.8 Å². The van der Waals surface area contributed by atoms with Crippen LogP contribution in [0.2, 0.25) is 5.02 Å². The third-order valence-corrected chi connectivity index (χ3v) is 3.64. The maximum absolute atomic E-state index is 6.07. The molecule has 0 radical (unpaired) electrons. The van der Waals surface area contributed by atoms with Crippen molar-refractivity contribution in [3.63, 3.8) is 0 Å². The number of thioether (sulfide) groups is 1. The number of rotatable bonds is 5. The molecule has 0 aliphatic carbocycles. The van der Waals surface area contributed by atoms with Gasteiger partial charge in [0.05, 0.1) is 5.02 Å². The largest absolute Gasteiger partial charge is 0.271 e. The van der Waals surface area contributed by atoms with Crippen LogP contribution in [0.5, 0.6) is 0 Å². The smallest absolute Gasteiger partial charge is 0.0541 e. The molecule has 1 aromatic rings. The average Bonchev–Trinajstić information content (AvgIpc) is 2.25. The van der Waals surface area contributed by atoms with Crippen molar-refractivity contribution in [1.82, 2.24) is 5.43 Å². The second kappa shape index (κ2) is 6.97. The van der Waals surface area contributed by atoms with Gasteiger partial charge < -0.3 is 0 Å². The number of halogens is 1. The molecule has 3 N–H and O–H groups in total. The molecule has 0 spiro atoms. The Kier molecular flexibility index (Phi) is 5.91. The summed E-state index contributed by atoms with van der Waals surface area (Å²) in [5.41, 5.74) is 4.04. The Balaban J connectivity index is 2.56. The highest BCUT2D eigenvalue weighted by Gasteiger charge is 2.05. The maximum Gasteiger partial charge on any atom is 0.0541 e. The van der Waals surface area contributed by atoms with Crippen molar-refractivity contribution in [3.05, 3.63) is 40.9 Å². The summed E-state index contributed by atoms with van der Waals surface area (Å²) in [7, 11) is 0. The van der Waals surface area contributed by atoms with E-state index in [1.165, 1.54) is 5.57 Å². The van der Waals surface area contributed by atoms with E-state index in [-0.39, 0.29) is 6.04 Å². The van der Waals surface area contributed by atoms with Crippen molar-refractivity contribution < 1.29 is 0 Å². The highest BCUT2D eigenvalue weighted by Crippen LogP contribution is 2.27. The third kappa shape index (κ3) is 4.58. The summed E-state index contributed by atoms with van der Waals surface area (Å²) in [6.45, 7) is 4.12. The van der Waals surface area contributed by atoms with Crippen LogP contribution in [0.25, 0.3) is 0 Å². The van der Waals surface area contributed by atoms with Gasteiger partial charge in [-0.25, -0.2) is 0 Å². The molecular weight excluding hydrogens is 240 g/mol. The second-order valence-corrected chi connectivity index (χ2v) is 5.23. The number of hydrazine groups is 1. The molecule has 0 fully saturated rings. The van der Waals surface area contributed by atoms with Crippen LogP contribution >= 0.6 is 23.4 Å². The van der Waals surface area contributed by atoms with Crippen LogP contribution in [-0.2, 0) is 0 Å². The number of nitrogens with one attached hydrogen (secondary N) is 1. The van der Waals surface area contributed by atoms with Gasteiger partial charge in [0, 0.05) is 16.7 Å². The Morgan fingerprint density at radius 3 is 2.75 bits per heavy atom. The maximum atomic E-state index is 6.07. The molecule has 0 saturated heterocycles.